The van der Waals surface area contributed by atoms with Gasteiger partial charge in [-0.25, -0.2) is 0 Å². The summed E-state index contributed by atoms with van der Waals surface area (Å²) < 4.78 is 26.3. The number of hydrogen-bond acceptors (Lipinski definition) is 9. The van der Waals surface area contributed by atoms with Crippen LogP contribution in [0.2, 0.25) is 0 Å². The third-order valence-corrected chi connectivity index (χ3v) is 4.94. The van der Waals surface area contributed by atoms with Gasteiger partial charge in [0.05, 0.1) is 41.0 Å². The van der Waals surface area contributed by atoms with Crippen molar-refractivity contribution in [2.75, 3.05) is 34.5 Å². The number of benzene rings is 1. The average molecular weight is 422 g/mol. The highest BCUT2D eigenvalue weighted by Gasteiger charge is 2.53. The molecular weight excluding hydrogens is 396 g/mol. The lowest BCUT2D eigenvalue weighted by molar-refractivity contribution is -0.161. The fourth-order valence-corrected chi connectivity index (χ4v) is 3.75. The number of ether oxygens (including phenoxy) is 5. The molecule has 0 amide bonds. The van der Waals surface area contributed by atoms with Gasteiger partial charge in [0, 0.05) is 11.5 Å². The van der Waals surface area contributed by atoms with Crippen LogP contribution in [0.3, 0.4) is 0 Å². The predicted molar refractivity (Wildman–Crippen MR) is 104 cm³/mol. The fraction of sp³-hybridized carbons (Fsp3) is 0.524. The van der Waals surface area contributed by atoms with Crippen LogP contribution in [-0.4, -0.2) is 58.0 Å². The molecule has 0 heterocycles. The summed E-state index contributed by atoms with van der Waals surface area (Å²) in [6.07, 6.45) is -0.556. The monoisotopic (exact) mass is 422 g/mol. The molecule has 2 atom stereocenters. The Bertz CT molecular complexity index is 794. The Morgan fingerprint density at radius 2 is 1.33 bits per heavy atom. The van der Waals surface area contributed by atoms with Gasteiger partial charge in [-0.3, -0.25) is 19.2 Å². The first kappa shape index (κ1) is 23.2. The molecule has 164 valence electrons. The minimum Gasteiger partial charge on any atom is -0.493 e. The van der Waals surface area contributed by atoms with E-state index in [9.17, 15) is 19.2 Å². The number of hydrogen-bond donors (Lipinski definition) is 0. The van der Waals surface area contributed by atoms with Gasteiger partial charge >= 0.3 is 11.9 Å². The second-order valence-electron chi connectivity index (χ2n) is 6.52. The van der Waals surface area contributed by atoms with Crippen molar-refractivity contribution in [1.29, 1.82) is 0 Å². The number of methoxy groups -OCH3 is 3. The summed E-state index contributed by atoms with van der Waals surface area (Å²) in [7, 11) is 4.20. The van der Waals surface area contributed by atoms with E-state index in [1.54, 1.807) is 19.9 Å². The highest BCUT2D eigenvalue weighted by atomic mass is 16.5. The summed E-state index contributed by atoms with van der Waals surface area (Å²) in [6.45, 7) is 3.28. The largest absolute Gasteiger partial charge is 0.493 e. The molecule has 9 heteroatoms. The molecule has 0 radical (unpaired) electrons. The van der Waals surface area contributed by atoms with Crippen LogP contribution in [-0.2, 0) is 28.7 Å². The van der Waals surface area contributed by atoms with E-state index in [0.717, 1.165) is 0 Å². The number of ketones is 2. The molecule has 1 saturated carbocycles. The van der Waals surface area contributed by atoms with Crippen LogP contribution in [0.15, 0.2) is 12.1 Å². The summed E-state index contributed by atoms with van der Waals surface area (Å²) in [5.41, 5.74) is 0.271. The molecule has 1 aromatic carbocycles. The third-order valence-electron chi connectivity index (χ3n) is 4.94. The highest BCUT2D eigenvalue weighted by molar-refractivity contribution is 6.17. The molecule has 9 nitrogen and oxygen atoms in total. The van der Waals surface area contributed by atoms with E-state index in [4.69, 9.17) is 23.7 Å². The van der Waals surface area contributed by atoms with Crippen LogP contribution >= 0.6 is 0 Å². The Hall–Kier alpha value is -3.10. The Balaban J connectivity index is 2.76. The van der Waals surface area contributed by atoms with Crippen molar-refractivity contribution in [2.24, 2.45) is 11.8 Å². The quantitative estimate of drug-likeness (QED) is 0.456. The van der Waals surface area contributed by atoms with Gasteiger partial charge in [0.1, 0.15) is 11.8 Å². The molecule has 0 saturated heterocycles. The molecule has 1 fully saturated rings. The smallest absolute Gasteiger partial charge is 0.317 e. The molecular formula is C21H26O9. The van der Waals surface area contributed by atoms with Gasteiger partial charge in [-0.2, -0.15) is 0 Å². The number of rotatable bonds is 8. The zero-order chi connectivity index (χ0) is 22.4. The molecule has 1 aromatic rings. The molecule has 0 N–H and O–H groups in total. The first-order valence-corrected chi connectivity index (χ1v) is 9.53. The number of esters is 2. The Morgan fingerprint density at radius 3 is 1.73 bits per heavy atom. The van der Waals surface area contributed by atoms with Crippen molar-refractivity contribution in [1.82, 2.24) is 0 Å². The maximum Gasteiger partial charge on any atom is 0.317 e. The van der Waals surface area contributed by atoms with E-state index in [2.05, 4.69) is 0 Å². The lowest BCUT2D eigenvalue weighted by atomic mass is 9.67. The van der Waals surface area contributed by atoms with Gasteiger partial charge in [0.2, 0.25) is 5.75 Å². The van der Waals surface area contributed by atoms with Crippen molar-refractivity contribution in [3.8, 4) is 17.2 Å². The molecule has 1 aliphatic rings. The van der Waals surface area contributed by atoms with Gasteiger partial charge in [-0.1, -0.05) is 6.07 Å². The second kappa shape index (κ2) is 10.1. The van der Waals surface area contributed by atoms with E-state index >= 15 is 0 Å². The maximum atomic E-state index is 12.7. The predicted octanol–water partition coefficient (Wildman–Crippen LogP) is 1.70. The summed E-state index contributed by atoms with van der Waals surface area (Å²) in [6, 6.07) is 3.08. The van der Waals surface area contributed by atoms with E-state index in [1.165, 1.54) is 27.4 Å². The van der Waals surface area contributed by atoms with Crippen molar-refractivity contribution in [3.63, 3.8) is 0 Å². The van der Waals surface area contributed by atoms with Crippen LogP contribution < -0.4 is 14.2 Å². The van der Waals surface area contributed by atoms with Crippen molar-refractivity contribution >= 4 is 23.5 Å². The minimum absolute atomic E-state index is 0.0381. The van der Waals surface area contributed by atoms with Gasteiger partial charge in [-0.05, 0) is 19.9 Å². The normalized spacial score (nSPS) is 21.0. The molecule has 1 aliphatic carbocycles. The highest BCUT2D eigenvalue weighted by Crippen LogP contribution is 2.49. The Morgan fingerprint density at radius 1 is 0.833 bits per heavy atom. The number of Topliss-reactive ketones (excluding diaryl/α,β-unsaturated/α-hetero) is 2. The Labute approximate surface area is 174 Å². The lowest BCUT2D eigenvalue weighted by Gasteiger charge is -2.34. The average Bonchev–Trinajstić information content (AvgIpc) is 2.71. The fourth-order valence-electron chi connectivity index (χ4n) is 3.75. The molecule has 0 bridgehead atoms. The van der Waals surface area contributed by atoms with Crippen LogP contribution in [0.5, 0.6) is 17.2 Å². The Kier molecular flexibility index (Phi) is 7.79. The zero-order valence-corrected chi connectivity index (χ0v) is 17.7. The van der Waals surface area contributed by atoms with Crippen LogP contribution in [0, 0.1) is 11.8 Å². The lowest BCUT2D eigenvalue weighted by Crippen LogP contribution is -2.47. The van der Waals surface area contributed by atoms with Crippen molar-refractivity contribution < 1.29 is 42.9 Å². The maximum absolute atomic E-state index is 12.7. The van der Waals surface area contributed by atoms with Gasteiger partial charge in [0.15, 0.2) is 23.1 Å². The zero-order valence-electron chi connectivity index (χ0n) is 17.7. The molecule has 0 spiro atoms. The summed E-state index contributed by atoms with van der Waals surface area (Å²) in [5.74, 6) is -6.10. The van der Waals surface area contributed by atoms with E-state index in [1.807, 2.05) is 0 Å². The SMILES string of the molecule is CCOC(=O)C1C(=O)CC(=O)C(C(=O)OCC)C1c1ccc(OC)c(OC)c1OC. The molecule has 30 heavy (non-hydrogen) atoms. The van der Waals surface area contributed by atoms with Crippen LogP contribution in [0.4, 0.5) is 0 Å². The second-order valence-corrected chi connectivity index (χ2v) is 6.52. The molecule has 0 aliphatic heterocycles. The summed E-state index contributed by atoms with van der Waals surface area (Å²) in [5, 5.41) is 0. The van der Waals surface area contributed by atoms with E-state index in [-0.39, 0.29) is 30.3 Å². The topological polar surface area (TPSA) is 114 Å². The minimum atomic E-state index is -1.37. The van der Waals surface area contributed by atoms with Crippen LogP contribution in [0.25, 0.3) is 0 Å². The number of carbonyl (C=O) groups excluding carboxylic acids is 4. The molecule has 0 aromatic heterocycles. The van der Waals surface area contributed by atoms with E-state index in [0.29, 0.717) is 5.75 Å². The first-order chi connectivity index (χ1) is 14.4. The molecule has 2 unspecified atom stereocenters. The standard InChI is InChI=1S/C21H26O9/c1-6-29-20(24)16-12(22)10-13(23)17(21(25)30-7-2)15(16)11-8-9-14(26-3)19(28-5)18(11)27-4/h8-9,15-17H,6-7,10H2,1-5H3. The van der Waals surface area contributed by atoms with Crippen molar-refractivity contribution in [2.45, 2.75) is 26.2 Å². The summed E-state index contributed by atoms with van der Waals surface area (Å²) >= 11 is 0. The number of carbonyl (C=O) groups is 4. The third kappa shape index (κ3) is 4.24. The van der Waals surface area contributed by atoms with Gasteiger partial charge in [0.25, 0.3) is 0 Å². The van der Waals surface area contributed by atoms with Gasteiger partial charge in [-0.15, -0.1) is 0 Å². The van der Waals surface area contributed by atoms with Gasteiger partial charge < -0.3 is 23.7 Å². The summed E-state index contributed by atoms with van der Waals surface area (Å²) in [4.78, 5) is 50.9. The van der Waals surface area contributed by atoms with Crippen LogP contribution in [0.1, 0.15) is 31.7 Å². The van der Waals surface area contributed by atoms with E-state index < -0.39 is 47.7 Å². The van der Waals surface area contributed by atoms with Crippen molar-refractivity contribution in [3.05, 3.63) is 17.7 Å². The first-order valence-electron chi connectivity index (χ1n) is 9.53. The molecule has 2 rings (SSSR count).